The third-order valence-corrected chi connectivity index (χ3v) is 3.44. The van der Waals surface area contributed by atoms with Crippen molar-refractivity contribution in [1.29, 1.82) is 0 Å². The van der Waals surface area contributed by atoms with Crippen LogP contribution in [0.5, 0.6) is 0 Å². The average molecular weight is 462 g/mol. The molecule has 4 atom stereocenters. The van der Waals surface area contributed by atoms with Crippen molar-refractivity contribution in [3.8, 4) is 0 Å². The van der Waals surface area contributed by atoms with Crippen molar-refractivity contribution in [1.82, 2.24) is 0 Å². The quantitative estimate of drug-likeness (QED) is 0.510. The van der Waals surface area contributed by atoms with Gasteiger partial charge >= 0.3 is 41.9 Å². The molecule has 0 bridgehead atoms. The molecule has 1 heterocycles. The molecular weight excluding hydrogens is 459 g/mol. The van der Waals surface area contributed by atoms with Gasteiger partial charge in [0.1, 0.15) is 0 Å². The molecule has 0 saturated carbocycles. The van der Waals surface area contributed by atoms with Crippen molar-refractivity contribution in [3.05, 3.63) is 0 Å². The molecule has 4 unspecified atom stereocenters. The van der Waals surface area contributed by atoms with E-state index < -0.39 is 60.3 Å². The van der Waals surface area contributed by atoms with Gasteiger partial charge in [-0.3, -0.25) is 0 Å². The summed E-state index contributed by atoms with van der Waals surface area (Å²) in [6.07, 6.45) is -31.3. The first-order valence-electron chi connectivity index (χ1n) is 6.19. The number of hydrogen-bond acceptors (Lipinski definition) is 1. The molecule has 0 N–H and O–H groups in total. The van der Waals surface area contributed by atoms with Gasteiger partial charge in [0.25, 0.3) is 12.3 Å². The standard InChI is InChI=1S/C10H3F17O/c11-1(7(19,20)21)4(13,14)3-6(17,18)9(25,26)10(27,28-3)5(15,16)2(12)8(22,23)24/h1-3H. The monoisotopic (exact) mass is 462 g/mol. The Balaban J connectivity index is 3.61. The van der Waals surface area contributed by atoms with Gasteiger partial charge in [-0.1, -0.05) is 0 Å². The van der Waals surface area contributed by atoms with Crippen molar-refractivity contribution < 1.29 is 79.4 Å². The Morgan fingerprint density at radius 3 is 1.32 bits per heavy atom. The summed E-state index contributed by atoms with van der Waals surface area (Å²) < 4.78 is 220. The predicted molar refractivity (Wildman–Crippen MR) is 50.4 cm³/mol. The molecule has 0 spiro atoms. The molecule has 1 saturated heterocycles. The number of ether oxygens (including phenoxy) is 1. The largest absolute Gasteiger partial charge is 0.425 e. The Bertz CT molecular complexity index is 590. The minimum atomic E-state index is -7.46. The third kappa shape index (κ3) is 3.14. The topological polar surface area (TPSA) is 9.23 Å². The highest BCUT2D eigenvalue weighted by Crippen LogP contribution is 2.64. The summed E-state index contributed by atoms with van der Waals surface area (Å²) in [5.74, 6) is -36.1. The SMILES string of the molecule is FC(C(F)(F)F)C(F)(F)C1OC(F)(C(F)(F)C(F)C(F)(F)F)C(F)(F)C1(F)F. The van der Waals surface area contributed by atoms with Gasteiger partial charge in [-0.05, 0) is 0 Å². The van der Waals surface area contributed by atoms with Crippen molar-refractivity contribution in [2.24, 2.45) is 0 Å². The minimum Gasteiger partial charge on any atom is -0.320 e. The van der Waals surface area contributed by atoms with Crippen LogP contribution < -0.4 is 0 Å². The zero-order valence-corrected chi connectivity index (χ0v) is 12.1. The van der Waals surface area contributed by atoms with Crippen molar-refractivity contribution in [2.45, 2.75) is 60.3 Å². The first kappa shape index (κ1) is 24.8. The Kier molecular flexibility index (Phi) is 5.43. The summed E-state index contributed by atoms with van der Waals surface area (Å²) >= 11 is 0. The maximum Gasteiger partial charge on any atom is 0.425 e. The molecule has 1 aliphatic rings. The van der Waals surface area contributed by atoms with E-state index in [4.69, 9.17) is 0 Å². The Labute approximate surface area is 141 Å². The van der Waals surface area contributed by atoms with Gasteiger partial charge in [0.15, 0.2) is 6.10 Å². The second-order valence-electron chi connectivity index (χ2n) is 5.40. The summed E-state index contributed by atoms with van der Waals surface area (Å²) in [5, 5.41) is 0. The second kappa shape index (κ2) is 6.13. The van der Waals surface area contributed by atoms with E-state index in [1.54, 1.807) is 0 Å². The van der Waals surface area contributed by atoms with E-state index >= 15 is 0 Å². The first-order valence-corrected chi connectivity index (χ1v) is 6.19. The normalized spacial score (nSPS) is 31.0. The summed E-state index contributed by atoms with van der Waals surface area (Å²) in [4.78, 5) is 0. The van der Waals surface area contributed by atoms with Crippen LogP contribution in [0.25, 0.3) is 0 Å². The number of hydrogen-bond donors (Lipinski definition) is 0. The van der Waals surface area contributed by atoms with Crippen molar-refractivity contribution in [2.75, 3.05) is 0 Å². The van der Waals surface area contributed by atoms with Crippen LogP contribution in [0, 0.1) is 0 Å². The van der Waals surface area contributed by atoms with Crippen molar-refractivity contribution >= 4 is 0 Å². The van der Waals surface area contributed by atoms with E-state index in [1.807, 2.05) is 0 Å². The van der Waals surface area contributed by atoms with Gasteiger partial charge in [0.2, 0.25) is 0 Å². The molecule has 1 rings (SSSR count). The molecule has 0 aliphatic carbocycles. The van der Waals surface area contributed by atoms with Crippen LogP contribution in [-0.2, 0) is 4.74 Å². The molecule has 28 heavy (non-hydrogen) atoms. The molecule has 0 aromatic rings. The van der Waals surface area contributed by atoms with Gasteiger partial charge < -0.3 is 4.74 Å². The Morgan fingerprint density at radius 1 is 0.643 bits per heavy atom. The fourth-order valence-corrected chi connectivity index (χ4v) is 2.02. The highest BCUT2D eigenvalue weighted by atomic mass is 19.4. The number of alkyl halides is 17. The third-order valence-electron chi connectivity index (χ3n) is 3.44. The maximum absolute atomic E-state index is 13.8. The Morgan fingerprint density at radius 2 is 1.00 bits per heavy atom. The highest BCUT2D eigenvalue weighted by molar-refractivity contribution is 5.18. The molecule has 1 aliphatic heterocycles. The lowest BCUT2D eigenvalue weighted by Crippen LogP contribution is -2.65. The zero-order chi connectivity index (χ0) is 22.9. The van der Waals surface area contributed by atoms with E-state index in [1.165, 1.54) is 0 Å². The summed E-state index contributed by atoms with van der Waals surface area (Å²) in [7, 11) is 0. The average Bonchev–Trinajstić information content (AvgIpc) is 2.62. The molecule has 0 aromatic heterocycles. The van der Waals surface area contributed by atoms with E-state index in [2.05, 4.69) is 4.74 Å². The summed E-state index contributed by atoms with van der Waals surface area (Å²) in [6.45, 7) is 0. The molecule has 168 valence electrons. The number of halogens is 17. The molecule has 1 fully saturated rings. The van der Waals surface area contributed by atoms with Gasteiger partial charge in [0, 0.05) is 0 Å². The van der Waals surface area contributed by atoms with E-state index in [0.29, 0.717) is 0 Å². The molecule has 0 amide bonds. The smallest absolute Gasteiger partial charge is 0.320 e. The van der Waals surface area contributed by atoms with E-state index in [0.717, 1.165) is 0 Å². The predicted octanol–water partition coefficient (Wildman–Crippen LogP) is 5.39. The highest BCUT2D eigenvalue weighted by Gasteiger charge is 2.94. The van der Waals surface area contributed by atoms with Crippen LogP contribution in [0.15, 0.2) is 0 Å². The lowest BCUT2D eigenvalue weighted by molar-refractivity contribution is -0.385. The molecule has 0 aromatic carbocycles. The van der Waals surface area contributed by atoms with Crippen LogP contribution in [0.3, 0.4) is 0 Å². The second-order valence-corrected chi connectivity index (χ2v) is 5.40. The zero-order valence-electron chi connectivity index (χ0n) is 12.1. The number of rotatable bonds is 4. The van der Waals surface area contributed by atoms with Crippen LogP contribution in [0.1, 0.15) is 0 Å². The first-order chi connectivity index (χ1) is 11.9. The summed E-state index contributed by atoms with van der Waals surface area (Å²) in [5.41, 5.74) is 0. The van der Waals surface area contributed by atoms with Gasteiger partial charge in [-0.2, -0.15) is 65.9 Å². The van der Waals surface area contributed by atoms with Gasteiger partial charge in [-0.25, -0.2) is 8.78 Å². The Hall–Kier alpha value is -1.23. The van der Waals surface area contributed by atoms with Gasteiger partial charge in [0.05, 0.1) is 0 Å². The molecular formula is C10H3F17O. The maximum atomic E-state index is 13.8. The van der Waals surface area contributed by atoms with Crippen molar-refractivity contribution in [3.63, 3.8) is 0 Å². The van der Waals surface area contributed by atoms with Crippen LogP contribution in [0.2, 0.25) is 0 Å². The molecule has 1 nitrogen and oxygen atoms in total. The van der Waals surface area contributed by atoms with Crippen LogP contribution in [-0.4, -0.2) is 60.3 Å². The summed E-state index contributed by atoms with van der Waals surface area (Å²) in [6, 6.07) is 0. The van der Waals surface area contributed by atoms with Crippen LogP contribution in [0.4, 0.5) is 74.6 Å². The fourth-order valence-electron chi connectivity index (χ4n) is 2.02. The van der Waals surface area contributed by atoms with Gasteiger partial charge in [-0.15, -0.1) is 0 Å². The molecule has 0 radical (unpaired) electrons. The minimum absolute atomic E-state index is 2.20. The lowest BCUT2D eigenvalue weighted by Gasteiger charge is -2.35. The molecule has 18 heteroatoms. The lowest BCUT2D eigenvalue weighted by atomic mass is 9.93. The van der Waals surface area contributed by atoms with E-state index in [-0.39, 0.29) is 0 Å². The van der Waals surface area contributed by atoms with E-state index in [9.17, 15) is 74.6 Å². The fraction of sp³-hybridized carbons (Fsp3) is 1.00. The van der Waals surface area contributed by atoms with Crippen LogP contribution >= 0.6 is 0 Å².